The second-order valence-corrected chi connectivity index (χ2v) is 8.51. The summed E-state index contributed by atoms with van der Waals surface area (Å²) in [6.07, 6.45) is 2.16. The Hall–Kier alpha value is -3.85. The molecule has 0 radical (unpaired) electrons. The van der Waals surface area contributed by atoms with Gasteiger partial charge in [-0.15, -0.1) is 0 Å². The average Bonchev–Trinajstić information content (AvgIpc) is 3.12. The summed E-state index contributed by atoms with van der Waals surface area (Å²) in [5.41, 5.74) is 7.38. The van der Waals surface area contributed by atoms with Crippen LogP contribution in [0.4, 0.5) is 0 Å². The van der Waals surface area contributed by atoms with Crippen molar-refractivity contribution in [3.05, 3.63) is 119 Å². The molecule has 1 aliphatic carbocycles. The highest BCUT2D eigenvalue weighted by Gasteiger charge is 2.32. The first-order valence-electron chi connectivity index (χ1n) is 10.9. The Morgan fingerprint density at radius 3 is 2.06 bits per heavy atom. The fourth-order valence-corrected chi connectivity index (χ4v) is 4.63. The third-order valence-corrected chi connectivity index (χ3v) is 6.29. The molecular weight excluding hydrogens is 396 g/mol. The number of aromatic hydroxyl groups is 2. The van der Waals surface area contributed by atoms with Gasteiger partial charge in [-0.3, -0.25) is 4.79 Å². The fraction of sp³-hybridized carbons (Fsp3) is 0.138. The second kappa shape index (κ2) is 8.35. The van der Waals surface area contributed by atoms with Crippen molar-refractivity contribution in [2.24, 2.45) is 5.92 Å². The van der Waals surface area contributed by atoms with Crippen molar-refractivity contribution in [1.82, 2.24) is 0 Å². The molecule has 3 nitrogen and oxygen atoms in total. The van der Waals surface area contributed by atoms with Gasteiger partial charge in [-0.25, -0.2) is 0 Å². The molecule has 0 saturated heterocycles. The number of fused-ring (bicyclic) bond motifs is 1. The third-order valence-electron chi connectivity index (χ3n) is 6.29. The van der Waals surface area contributed by atoms with Crippen molar-refractivity contribution in [2.75, 3.05) is 0 Å². The number of phenols is 2. The monoisotopic (exact) mass is 420 g/mol. The molecule has 0 aromatic heterocycles. The van der Waals surface area contributed by atoms with Gasteiger partial charge in [-0.2, -0.15) is 0 Å². The summed E-state index contributed by atoms with van der Waals surface area (Å²) < 4.78 is 0. The van der Waals surface area contributed by atoms with E-state index in [4.69, 9.17) is 0 Å². The van der Waals surface area contributed by atoms with Crippen molar-refractivity contribution in [1.29, 1.82) is 0 Å². The number of carbonyl (C=O) groups is 1. The van der Waals surface area contributed by atoms with E-state index in [0.29, 0.717) is 6.42 Å². The normalized spacial score (nSPS) is 15.0. The van der Waals surface area contributed by atoms with E-state index in [1.807, 2.05) is 48.5 Å². The Labute approximate surface area is 187 Å². The molecule has 5 rings (SSSR count). The molecule has 0 bridgehead atoms. The van der Waals surface area contributed by atoms with Gasteiger partial charge in [0.15, 0.2) is 5.78 Å². The maximum Gasteiger partial charge on any atom is 0.166 e. The van der Waals surface area contributed by atoms with Gasteiger partial charge in [0.25, 0.3) is 0 Å². The van der Waals surface area contributed by atoms with Crippen LogP contribution in [0.3, 0.4) is 0 Å². The minimum absolute atomic E-state index is 0.0980. The molecule has 2 N–H and O–H groups in total. The Morgan fingerprint density at radius 1 is 0.719 bits per heavy atom. The van der Waals surface area contributed by atoms with Gasteiger partial charge in [0.2, 0.25) is 0 Å². The van der Waals surface area contributed by atoms with E-state index in [-0.39, 0.29) is 23.2 Å². The molecule has 32 heavy (non-hydrogen) atoms. The summed E-state index contributed by atoms with van der Waals surface area (Å²) in [7, 11) is 0. The molecule has 0 spiro atoms. The molecule has 0 heterocycles. The van der Waals surface area contributed by atoms with E-state index in [1.165, 1.54) is 11.1 Å². The van der Waals surface area contributed by atoms with Crippen LogP contribution in [-0.2, 0) is 19.3 Å². The number of hydrogen-bond acceptors (Lipinski definition) is 3. The number of carbonyl (C=O) groups excluding carboxylic acids is 1. The highest BCUT2D eigenvalue weighted by atomic mass is 16.3. The first-order valence-corrected chi connectivity index (χ1v) is 10.9. The summed E-state index contributed by atoms with van der Waals surface area (Å²) in [6, 6.07) is 28.8. The number of ketones is 1. The number of hydrogen-bond donors (Lipinski definition) is 2. The van der Waals surface area contributed by atoms with Crippen molar-refractivity contribution in [3.8, 4) is 22.6 Å². The Balaban J connectivity index is 1.53. The predicted molar refractivity (Wildman–Crippen MR) is 126 cm³/mol. The number of Topliss-reactive ketones (excluding diaryl/α,β-unsaturated/α-hetero) is 1. The van der Waals surface area contributed by atoms with Gasteiger partial charge in [-0.1, -0.05) is 60.7 Å². The van der Waals surface area contributed by atoms with Crippen molar-refractivity contribution < 1.29 is 15.0 Å². The summed E-state index contributed by atoms with van der Waals surface area (Å²) in [6.45, 7) is 0. The van der Waals surface area contributed by atoms with E-state index in [2.05, 4.69) is 18.2 Å². The minimum Gasteiger partial charge on any atom is -0.508 e. The van der Waals surface area contributed by atoms with E-state index in [0.717, 1.165) is 40.7 Å². The molecule has 0 amide bonds. The highest BCUT2D eigenvalue weighted by molar-refractivity contribution is 6.04. The second-order valence-electron chi connectivity index (χ2n) is 8.51. The van der Waals surface area contributed by atoms with Gasteiger partial charge in [-0.05, 0) is 83.0 Å². The zero-order valence-electron chi connectivity index (χ0n) is 17.7. The Kier molecular flexibility index (Phi) is 5.24. The molecule has 1 aliphatic rings. The summed E-state index contributed by atoms with van der Waals surface area (Å²) in [4.78, 5) is 13.4. The van der Waals surface area contributed by atoms with Crippen LogP contribution in [0, 0.1) is 5.92 Å². The van der Waals surface area contributed by atoms with Gasteiger partial charge < -0.3 is 10.2 Å². The first kappa shape index (κ1) is 20.1. The quantitative estimate of drug-likeness (QED) is 0.419. The average molecular weight is 421 g/mol. The van der Waals surface area contributed by atoms with Crippen molar-refractivity contribution in [3.63, 3.8) is 0 Å². The van der Waals surface area contributed by atoms with Gasteiger partial charge in [0.05, 0.1) is 0 Å². The van der Waals surface area contributed by atoms with E-state index < -0.39 is 0 Å². The van der Waals surface area contributed by atoms with Gasteiger partial charge >= 0.3 is 0 Å². The maximum absolute atomic E-state index is 13.4. The molecule has 158 valence electrons. The molecular formula is C29H24O3. The van der Waals surface area contributed by atoms with Crippen LogP contribution in [0.2, 0.25) is 0 Å². The standard InChI is InChI=1S/C29H24O3/c30-25-10-6-20(7-11-25)15-24-18-27-23(14-19-4-2-1-3-5-19)16-22(17-28(27)29(24)32)21-8-12-26(31)13-9-21/h1-13,16-17,24,30-31H,14-15,18H2/t24-/m0/s1. The lowest BCUT2D eigenvalue weighted by molar-refractivity contribution is 0.0936. The molecule has 1 atom stereocenters. The van der Waals surface area contributed by atoms with E-state index >= 15 is 0 Å². The van der Waals surface area contributed by atoms with Gasteiger partial charge in [0, 0.05) is 11.5 Å². The molecule has 3 heteroatoms. The van der Waals surface area contributed by atoms with Crippen LogP contribution in [-0.4, -0.2) is 16.0 Å². The number of rotatable bonds is 5. The Morgan fingerprint density at radius 2 is 1.38 bits per heavy atom. The third kappa shape index (κ3) is 4.02. The van der Waals surface area contributed by atoms with Gasteiger partial charge in [0.1, 0.15) is 11.5 Å². The smallest absolute Gasteiger partial charge is 0.166 e. The lowest BCUT2D eigenvalue weighted by Crippen LogP contribution is -2.12. The van der Waals surface area contributed by atoms with Crippen LogP contribution >= 0.6 is 0 Å². The summed E-state index contributed by atoms with van der Waals surface area (Å²) >= 11 is 0. The summed E-state index contributed by atoms with van der Waals surface area (Å²) in [5, 5.41) is 19.2. The lowest BCUT2D eigenvalue weighted by Gasteiger charge is -2.12. The predicted octanol–water partition coefficient (Wildman–Crippen LogP) is 5.95. The molecule has 0 saturated carbocycles. The SMILES string of the molecule is O=C1c2cc(-c3ccc(O)cc3)cc(Cc3ccccc3)c2C[C@@H]1Cc1ccc(O)cc1. The zero-order chi connectivity index (χ0) is 22.1. The lowest BCUT2D eigenvalue weighted by atomic mass is 9.92. The largest absolute Gasteiger partial charge is 0.508 e. The van der Waals surface area contributed by atoms with Crippen molar-refractivity contribution >= 4 is 5.78 Å². The highest BCUT2D eigenvalue weighted by Crippen LogP contribution is 2.37. The molecule has 0 unspecified atom stereocenters. The van der Waals surface area contributed by atoms with Crippen LogP contribution in [0.25, 0.3) is 11.1 Å². The topological polar surface area (TPSA) is 57.5 Å². The van der Waals surface area contributed by atoms with E-state index in [1.54, 1.807) is 24.3 Å². The molecule has 0 aliphatic heterocycles. The number of benzene rings is 4. The first-order chi connectivity index (χ1) is 15.6. The molecule has 4 aromatic carbocycles. The van der Waals surface area contributed by atoms with Crippen LogP contribution < -0.4 is 0 Å². The van der Waals surface area contributed by atoms with Crippen LogP contribution in [0.15, 0.2) is 91.0 Å². The van der Waals surface area contributed by atoms with Crippen LogP contribution in [0.1, 0.15) is 32.6 Å². The van der Waals surface area contributed by atoms with Crippen molar-refractivity contribution in [2.45, 2.75) is 19.3 Å². The fourth-order valence-electron chi connectivity index (χ4n) is 4.63. The molecule has 0 fully saturated rings. The Bertz CT molecular complexity index is 1260. The minimum atomic E-state index is -0.0980. The van der Waals surface area contributed by atoms with Crippen LogP contribution in [0.5, 0.6) is 11.5 Å². The summed E-state index contributed by atoms with van der Waals surface area (Å²) in [5.74, 6) is 0.546. The number of phenolic OH excluding ortho intramolecular Hbond substituents is 2. The van der Waals surface area contributed by atoms with E-state index in [9.17, 15) is 15.0 Å². The maximum atomic E-state index is 13.4. The zero-order valence-corrected chi connectivity index (χ0v) is 17.7. The molecule has 4 aromatic rings.